The van der Waals surface area contributed by atoms with Gasteiger partial charge in [-0.05, 0) is 52.9 Å². The molecule has 1 amide bonds. The van der Waals surface area contributed by atoms with Crippen LogP contribution in [0.3, 0.4) is 0 Å². The smallest absolute Gasteiger partial charge is 0.410 e. The van der Waals surface area contributed by atoms with Crippen molar-refractivity contribution in [2.24, 2.45) is 5.73 Å². The van der Waals surface area contributed by atoms with E-state index >= 15 is 0 Å². The zero-order chi connectivity index (χ0) is 12.7. The third kappa shape index (κ3) is 2.57. The molecule has 0 unspecified atom stereocenters. The van der Waals surface area contributed by atoms with E-state index in [1.165, 1.54) is 0 Å². The third-order valence-electron chi connectivity index (χ3n) is 3.83. The molecule has 2 N–H and O–H groups in total. The Bertz CT molecular complexity index is 311. The van der Waals surface area contributed by atoms with Crippen molar-refractivity contribution < 1.29 is 9.53 Å². The predicted molar refractivity (Wildman–Crippen MR) is 66.7 cm³/mol. The summed E-state index contributed by atoms with van der Waals surface area (Å²) < 4.78 is 5.49. The minimum absolute atomic E-state index is 0.00174. The first-order valence-electron chi connectivity index (χ1n) is 6.59. The summed E-state index contributed by atoms with van der Waals surface area (Å²) in [4.78, 5) is 14.1. The Kier molecular flexibility index (Phi) is 3.10. The number of likely N-dealkylation sites (tertiary alicyclic amines) is 1. The molecule has 2 atom stereocenters. The molecule has 2 rings (SSSR count). The van der Waals surface area contributed by atoms with E-state index in [1.54, 1.807) is 0 Å². The Hall–Kier alpha value is -0.770. The SMILES string of the molecule is CC(C)(C)OC(=O)N1CCC[C@]12CC[C@H](N)C2. The maximum Gasteiger partial charge on any atom is 0.410 e. The number of hydrogen-bond acceptors (Lipinski definition) is 3. The molecule has 1 aliphatic carbocycles. The lowest BCUT2D eigenvalue weighted by Gasteiger charge is -2.36. The van der Waals surface area contributed by atoms with E-state index in [1.807, 2.05) is 25.7 Å². The fraction of sp³-hybridized carbons (Fsp3) is 0.923. The highest BCUT2D eigenvalue weighted by Crippen LogP contribution is 2.43. The van der Waals surface area contributed by atoms with Crippen LogP contribution < -0.4 is 5.73 Å². The van der Waals surface area contributed by atoms with Crippen molar-refractivity contribution in [1.82, 2.24) is 4.90 Å². The van der Waals surface area contributed by atoms with Gasteiger partial charge in [0, 0.05) is 18.1 Å². The highest BCUT2D eigenvalue weighted by molar-refractivity contribution is 5.69. The molecule has 1 heterocycles. The average molecular weight is 240 g/mol. The van der Waals surface area contributed by atoms with E-state index in [9.17, 15) is 4.79 Å². The highest BCUT2D eigenvalue weighted by Gasteiger charge is 2.48. The molecule has 0 aromatic heterocycles. The van der Waals surface area contributed by atoms with Gasteiger partial charge in [0.1, 0.15) is 5.60 Å². The van der Waals surface area contributed by atoms with Crippen LogP contribution in [0.25, 0.3) is 0 Å². The summed E-state index contributed by atoms with van der Waals surface area (Å²) >= 11 is 0. The van der Waals surface area contributed by atoms with Crippen molar-refractivity contribution in [2.45, 2.75) is 70.1 Å². The summed E-state index contributed by atoms with van der Waals surface area (Å²) in [5.41, 5.74) is 5.59. The van der Waals surface area contributed by atoms with Crippen LogP contribution in [0.2, 0.25) is 0 Å². The van der Waals surface area contributed by atoms with E-state index in [-0.39, 0.29) is 17.7 Å². The second kappa shape index (κ2) is 4.16. The molecular formula is C13H24N2O2. The molecule has 17 heavy (non-hydrogen) atoms. The van der Waals surface area contributed by atoms with E-state index in [4.69, 9.17) is 10.5 Å². The number of amides is 1. The summed E-state index contributed by atoms with van der Waals surface area (Å²) in [5.74, 6) is 0. The van der Waals surface area contributed by atoms with Crippen molar-refractivity contribution in [3.8, 4) is 0 Å². The zero-order valence-corrected chi connectivity index (χ0v) is 11.2. The van der Waals surface area contributed by atoms with E-state index in [2.05, 4.69) is 0 Å². The minimum atomic E-state index is -0.415. The minimum Gasteiger partial charge on any atom is -0.444 e. The zero-order valence-electron chi connectivity index (χ0n) is 11.2. The maximum absolute atomic E-state index is 12.2. The lowest BCUT2D eigenvalue weighted by Crippen LogP contribution is -2.48. The molecule has 0 bridgehead atoms. The number of hydrogen-bond donors (Lipinski definition) is 1. The van der Waals surface area contributed by atoms with Gasteiger partial charge in [-0.3, -0.25) is 0 Å². The van der Waals surface area contributed by atoms with Crippen molar-refractivity contribution in [3.63, 3.8) is 0 Å². The quantitative estimate of drug-likeness (QED) is 0.706. The van der Waals surface area contributed by atoms with Crippen LogP contribution >= 0.6 is 0 Å². The summed E-state index contributed by atoms with van der Waals surface area (Å²) in [5, 5.41) is 0. The number of nitrogens with two attached hydrogens (primary N) is 1. The number of nitrogens with zero attached hydrogens (tertiary/aromatic N) is 1. The molecule has 2 aliphatic rings. The van der Waals surface area contributed by atoms with Crippen LogP contribution in [0.5, 0.6) is 0 Å². The fourth-order valence-electron chi connectivity index (χ4n) is 3.16. The van der Waals surface area contributed by atoms with Gasteiger partial charge in [0.2, 0.25) is 0 Å². The number of carbonyl (C=O) groups is 1. The molecule has 0 aromatic rings. The Labute approximate surface area is 103 Å². The first-order valence-corrected chi connectivity index (χ1v) is 6.59. The van der Waals surface area contributed by atoms with Gasteiger partial charge in [-0.25, -0.2) is 4.79 Å². The van der Waals surface area contributed by atoms with Crippen molar-refractivity contribution >= 4 is 6.09 Å². The van der Waals surface area contributed by atoms with Gasteiger partial charge in [0.25, 0.3) is 0 Å². The van der Waals surface area contributed by atoms with Crippen LogP contribution in [0.1, 0.15) is 52.9 Å². The van der Waals surface area contributed by atoms with Gasteiger partial charge in [0.05, 0.1) is 0 Å². The maximum atomic E-state index is 12.2. The van der Waals surface area contributed by atoms with Crippen molar-refractivity contribution in [3.05, 3.63) is 0 Å². The lowest BCUT2D eigenvalue weighted by molar-refractivity contribution is 0.00864. The molecule has 2 fully saturated rings. The van der Waals surface area contributed by atoms with Crippen LogP contribution in [0.15, 0.2) is 0 Å². The Morgan fingerprint density at radius 1 is 1.41 bits per heavy atom. The molecule has 98 valence electrons. The first kappa shape index (κ1) is 12.7. The van der Waals surface area contributed by atoms with Crippen LogP contribution in [-0.2, 0) is 4.74 Å². The Morgan fingerprint density at radius 2 is 2.12 bits per heavy atom. The fourth-order valence-corrected chi connectivity index (χ4v) is 3.16. The first-order chi connectivity index (χ1) is 7.82. The largest absolute Gasteiger partial charge is 0.444 e. The molecule has 1 saturated carbocycles. The van der Waals surface area contributed by atoms with E-state index in [0.717, 1.165) is 38.6 Å². The van der Waals surface area contributed by atoms with Crippen LogP contribution in [0.4, 0.5) is 4.79 Å². The van der Waals surface area contributed by atoms with Crippen molar-refractivity contribution in [2.75, 3.05) is 6.54 Å². The Balaban J connectivity index is 2.07. The molecular weight excluding hydrogens is 216 g/mol. The molecule has 1 spiro atoms. The van der Waals surface area contributed by atoms with Gasteiger partial charge in [-0.2, -0.15) is 0 Å². The number of rotatable bonds is 0. The molecule has 1 saturated heterocycles. The van der Waals surface area contributed by atoms with E-state index in [0.29, 0.717) is 0 Å². The van der Waals surface area contributed by atoms with Gasteiger partial charge < -0.3 is 15.4 Å². The summed E-state index contributed by atoms with van der Waals surface area (Å²) in [7, 11) is 0. The molecule has 0 aromatic carbocycles. The standard InChI is InChI=1S/C13H24N2O2/c1-12(2,3)17-11(16)15-8-4-6-13(15)7-5-10(14)9-13/h10H,4-9,14H2,1-3H3/t10-,13+/m0/s1. The van der Waals surface area contributed by atoms with Crippen molar-refractivity contribution in [1.29, 1.82) is 0 Å². The summed E-state index contributed by atoms with van der Waals surface area (Å²) in [6.07, 6.45) is 4.99. The summed E-state index contributed by atoms with van der Waals surface area (Å²) in [6, 6.07) is 0.248. The lowest BCUT2D eigenvalue weighted by atomic mass is 9.94. The monoisotopic (exact) mass is 240 g/mol. The van der Waals surface area contributed by atoms with Gasteiger partial charge in [0.15, 0.2) is 0 Å². The second-order valence-electron chi connectivity index (χ2n) is 6.46. The van der Waals surface area contributed by atoms with Crippen LogP contribution in [-0.4, -0.2) is 34.7 Å². The van der Waals surface area contributed by atoms with Gasteiger partial charge in [-0.1, -0.05) is 0 Å². The van der Waals surface area contributed by atoms with E-state index < -0.39 is 5.60 Å². The summed E-state index contributed by atoms with van der Waals surface area (Å²) in [6.45, 7) is 6.55. The van der Waals surface area contributed by atoms with Gasteiger partial charge in [-0.15, -0.1) is 0 Å². The highest BCUT2D eigenvalue weighted by atomic mass is 16.6. The Morgan fingerprint density at radius 3 is 2.65 bits per heavy atom. The molecule has 0 radical (unpaired) electrons. The predicted octanol–water partition coefficient (Wildman–Crippen LogP) is 2.27. The molecule has 4 nitrogen and oxygen atoms in total. The normalized spacial score (nSPS) is 33.4. The number of ether oxygens (including phenoxy) is 1. The third-order valence-corrected chi connectivity index (χ3v) is 3.83. The number of carbonyl (C=O) groups excluding carboxylic acids is 1. The average Bonchev–Trinajstić information content (AvgIpc) is 2.72. The van der Waals surface area contributed by atoms with Crippen LogP contribution in [0, 0.1) is 0 Å². The molecule has 4 heteroatoms. The van der Waals surface area contributed by atoms with Gasteiger partial charge >= 0.3 is 6.09 Å². The second-order valence-corrected chi connectivity index (χ2v) is 6.46. The molecule has 1 aliphatic heterocycles. The topological polar surface area (TPSA) is 55.6 Å².